The Morgan fingerprint density at radius 3 is 2.83 bits per heavy atom. The van der Waals surface area contributed by atoms with E-state index < -0.39 is 0 Å². The normalized spacial score (nSPS) is 15.5. The third-order valence-electron chi connectivity index (χ3n) is 2.15. The Bertz CT molecular complexity index is 330. The van der Waals surface area contributed by atoms with Crippen molar-refractivity contribution in [1.82, 2.24) is 0 Å². The summed E-state index contributed by atoms with van der Waals surface area (Å²) in [4.78, 5) is 0. The minimum absolute atomic E-state index is 0.947. The van der Waals surface area contributed by atoms with Crippen LogP contribution in [-0.2, 0) is 0 Å². The summed E-state index contributed by atoms with van der Waals surface area (Å²) in [6.07, 6.45) is 2.22. The van der Waals surface area contributed by atoms with Gasteiger partial charge in [-0.15, -0.1) is 0 Å². The molecular formula is C10H10BrN. The number of hydrogen-bond donors (Lipinski definition) is 0. The minimum Gasteiger partial charge on any atom is -0.304 e. The molecule has 0 radical (unpaired) electrons. The third kappa shape index (κ3) is 1.16. The predicted molar refractivity (Wildman–Crippen MR) is 56.4 cm³/mol. The van der Waals surface area contributed by atoms with E-state index in [4.69, 9.17) is 0 Å². The van der Waals surface area contributed by atoms with Crippen molar-refractivity contribution >= 4 is 27.4 Å². The first kappa shape index (κ1) is 7.87. The maximum Gasteiger partial charge on any atom is 0.0549 e. The van der Waals surface area contributed by atoms with Crippen LogP contribution in [0.25, 0.3) is 5.57 Å². The van der Waals surface area contributed by atoms with Crippen LogP contribution in [0.15, 0.2) is 30.3 Å². The van der Waals surface area contributed by atoms with E-state index in [-0.39, 0.29) is 0 Å². The fraction of sp³-hybridized carbons (Fsp3) is 0.200. The molecule has 0 aromatic heterocycles. The molecule has 1 aliphatic heterocycles. The Balaban J connectivity index is 2.58. The second kappa shape index (κ2) is 2.94. The Hall–Kier alpha value is -0.760. The van der Waals surface area contributed by atoms with Gasteiger partial charge in [-0.3, -0.25) is 0 Å². The Kier molecular flexibility index (Phi) is 1.93. The first-order valence-electron chi connectivity index (χ1n) is 3.98. The van der Waals surface area contributed by atoms with Crippen molar-refractivity contribution in [2.24, 2.45) is 0 Å². The van der Waals surface area contributed by atoms with Crippen molar-refractivity contribution < 1.29 is 0 Å². The summed E-state index contributed by atoms with van der Waals surface area (Å²) < 4.78 is 2.08. The van der Waals surface area contributed by atoms with E-state index in [1.165, 1.54) is 16.8 Å². The molecule has 0 saturated heterocycles. The first-order chi connectivity index (χ1) is 5.79. The van der Waals surface area contributed by atoms with Gasteiger partial charge in [-0.05, 0) is 18.6 Å². The average molecular weight is 224 g/mol. The molecule has 1 aromatic rings. The number of para-hydroxylation sites is 1. The van der Waals surface area contributed by atoms with Crippen LogP contribution in [0.3, 0.4) is 0 Å². The molecule has 0 saturated carbocycles. The number of anilines is 1. The Morgan fingerprint density at radius 1 is 1.33 bits per heavy atom. The van der Waals surface area contributed by atoms with E-state index >= 15 is 0 Å². The van der Waals surface area contributed by atoms with Crippen molar-refractivity contribution in [2.75, 3.05) is 10.5 Å². The summed E-state index contributed by atoms with van der Waals surface area (Å²) in [5.41, 5.74) is 3.94. The van der Waals surface area contributed by atoms with Crippen LogP contribution in [0.5, 0.6) is 0 Å². The lowest BCUT2D eigenvalue weighted by molar-refractivity contribution is 1.19. The van der Waals surface area contributed by atoms with Crippen LogP contribution >= 0.6 is 16.1 Å². The van der Waals surface area contributed by atoms with E-state index in [1.54, 1.807) is 0 Å². The van der Waals surface area contributed by atoms with Crippen molar-refractivity contribution in [2.45, 2.75) is 6.92 Å². The van der Waals surface area contributed by atoms with E-state index in [1.807, 2.05) is 0 Å². The molecule has 0 N–H and O–H groups in total. The molecule has 0 bridgehead atoms. The molecule has 12 heavy (non-hydrogen) atoms. The SMILES string of the molecule is CC1=CCN(Br)c2ccccc21. The van der Waals surface area contributed by atoms with Gasteiger partial charge in [0, 0.05) is 28.3 Å². The van der Waals surface area contributed by atoms with Crippen molar-refractivity contribution in [3.63, 3.8) is 0 Å². The molecular weight excluding hydrogens is 214 g/mol. The zero-order chi connectivity index (χ0) is 8.55. The monoisotopic (exact) mass is 223 g/mol. The molecule has 1 aromatic carbocycles. The van der Waals surface area contributed by atoms with Crippen LogP contribution in [-0.4, -0.2) is 6.54 Å². The number of hydrogen-bond acceptors (Lipinski definition) is 1. The molecule has 0 atom stereocenters. The Morgan fingerprint density at radius 2 is 2.08 bits per heavy atom. The second-order valence-electron chi connectivity index (χ2n) is 2.95. The summed E-state index contributed by atoms with van der Waals surface area (Å²) in [6.45, 7) is 3.10. The second-order valence-corrected chi connectivity index (χ2v) is 3.81. The maximum atomic E-state index is 3.50. The molecule has 1 heterocycles. The van der Waals surface area contributed by atoms with Gasteiger partial charge in [0.15, 0.2) is 0 Å². The van der Waals surface area contributed by atoms with Gasteiger partial charge in [0.25, 0.3) is 0 Å². The van der Waals surface area contributed by atoms with Crippen LogP contribution < -0.4 is 3.93 Å². The van der Waals surface area contributed by atoms with E-state index in [0.29, 0.717) is 0 Å². The summed E-state index contributed by atoms with van der Waals surface area (Å²) in [5.74, 6) is 0. The summed E-state index contributed by atoms with van der Waals surface area (Å²) in [7, 11) is 0. The fourth-order valence-electron chi connectivity index (χ4n) is 1.44. The zero-order valence-electron chi connectivity index (χ0n) is 6.92. The number of benzene rings is 1. The van der Waals surface area contributed by atoms with Crippen LogP contribution in [0.1, 0.15) is 12.5 Å². The molecule has 0 fully saturated rings. The quantitative estimate of drug-likeness (QED) is 0.611. The van der Waals surface area contributed by atoms with Gasteiger partial charge in [0.05, 0.1) is 5.69 Å². The van der Waals surface area contributed by atoms with Gasteiger partial charge in [0.2, 0.25) is 0 Å². The molecule has 0 amide bonds. The number of rotatable bonds is 0. The van der Waals surface area contributed by atoms with Gasteiger partial charge in [0.1, 0.15) is 0 Å². The summed E-state index contributed by atoms with van der Waals surface area (Å²) in [5, 5.41) is 0. The average Bonchev–Trinajstić information content (AvgIpc) is 2.12. The fourth-order valence-corrected chi connectivity index (χ4v) is 1.90. The molecule has 2 heteroatoms. The van der Waals surface area contributed by atoms with Gasteiger partial charge in [-0.2, -0.15) is 0 Å². The van der Waals surface area contributed by atoms with E-state index in [0.717, 1.165) is 6.54 Å². The van der Waals surface area contributed by atoms with Gasteiger partial charge in [-0.1, -0.05) is 24.3 Å². The lowest BCUT2D eigenvalue weighted by Crippen LogP contribution is -2.14. The lowest BCUT2D eigenvalue weighted by Gasteiger charge is -2.23. The van der Waals surface area contributed by atoms with Crippen LogP contribution in [0.2, 0.25) is 0 Å². The highest BCUT2D eigenvalue weighted by Gasteiger charge is 2.12. The Labute approximate surface area is 81.0 Å². The summed E-state index contributed by atoms with van der Waals surface area (Å²) >= 11 is 3.50. The van der Waals surface area contributed by atoms with Crippen molar-refractivity contribution in [3.05, 3.63) is 35.9 Å². The maximum absolute atomic E-state index is 3.50. The number of fused-ring (bicyclic) bond motifs is 1. The van der Waals surface area contributed by atoms with Crippen LogP contribution in [0, 0.1) is 0 Å². The molecule has 0 unspecified atom stereocenters. The van der Waals surface area contributed by atoms with Crippen molar-refractivity contribution in [3.8, 4) is 0 Å². The summed E-state index contributed by atoms with van der Waals surface area (Å²) in [6, 6.07) is 8.41. The largest absolute Gasteiger partial charge is 0.304 e. The molecule has 1 nitrogen and oxygen atoms in total. The molecule has 62 valence electrons. The standard InChI is InChI=1S/C10H10BrN/c1-8-6-7-12(11)10-5-3-2-4-9(8)10/h2-6H,7H2,1H3. The molecule has 1 aliphatic rings. The predicted octanol–water partition coefficient (Wildman–Crippen LogP) is 3.22. The van der Waals surface area contributed by atoms with Gasteiger partial charge in [-0.25, -0.2) is 0 Å². The zero-order valence-corrected chi connectivity index (χ0v) is 8.51. The van der Waals surface area contributed by atoms with E-state index in [9.17, 15) is 0 Å². The third-order valence-corrected chi connectivity index (χ3v) is 2.82. The smallest absolute Gasteiger partial charge is 0.0549 e. The highest BCUT2D eigenvalue weighted by molar-refractivity contribution is 9.10. The first-order valence-corrected chi connectivity index (χ1v) is 4.69. The topological polar surface area (TPSA) is 3.24 Å². The molecule has 2 rings (SSSR count). The highest BCUT2D eigenvalue weighted by Crippen LogP contribution is 2.32. The number of halogens is 1. The number of allylic oxidation sites excluding steroid dienone is 1. The highest BCUT2D eigenvalue weighted by atomic mass is 79.9. The van der Waals surface area contributed by atoms with Gasteiger partial charge >= 0.3 is 0 Å². The molecule has 0 spiro atoms. The minimum atomic E-state index is 0.947. The van der Waals surface area contributed by atoms with Crippen LogP contribution in [0.4, 0.5) is 5.69 Å². The van der Waals surface area contributed by atoms with Crippen molar-refractivity contribution in [1.29, 1.82) is 0 Å². The van der Waals surface area contributed by atoms with Gasteiger partial charge < -0.3 is 3.93 Å². The number of nitrogens with zero attached hydrogens (tertiary/aromatic N) is 1. The molecule has 0 aliphatic carbocycles. The lowest BCUT2D eigenvalue weighted by atomic mass is 10.0. The van der Waals surface area contributed by atoms with E-state index in [2.05, 4.69) is 57.3 Å².